The molecule has 1 aliphatic rings. The highest BCUT2D eigenvalue weighted by molar-refractivity contribution is 6.30. The van der Waals surface area contributed by atoms with Gasteiger partial charge in [0.1, 0.15) is 0 Å². The highest BCUT2D eigenvalue weighted by Crippen LogP contribution is 2.19. The zero-order valence-electron chi connectivity index (χ0n) is 15.4. The van der Waals surface area contributed by atoms with Crippen molar-refractivity contribution in [1.82, 2.24) is 10.2 Å². The normalized spacial score (nSPS) is 17.8. The SMILES string of the molecule is Cc1ccc(CN2CCCC(C(=O)NCCc3ccc(Cl)cc3)C2)cc1. The number of amides is 1. The Morgan fingerprint density at radius 3 is 2.54 bits per heavy atom. The summed E-state index contributed by atoms with van der Waals surface area (Å²) in [5, 5.41) is 3.85. The van der Waals surface area contributed by atoms with Crippen LogP contribution in [0.4, 0.5) is 0 Å². The molecule has 0 bridgehead atoms. The first-order valence-corrected chi connectivity index (χ1v) is 9.78. The van der Waals surface area contributed by atoms with E-state index in [1.807, 2.05) is 24.3 Å². The van der Waals surface area contributed by atoms with E-state index in [2.05, 4.69) is 41.4 Å². The van der Waals surface area contributed by atoms with Gasteiger partial charge >= 0.3 is 0 Å². The van der Waals surface area contributed by atoms with E-state index in [1.165, 1.54) is 16.7 Å². The molecule has 3 nitrogen and oxygen atoms in total. The number of hydrogen-bond donors (Lipinski definition) is 1. The fourth-order valence-corrected chi connectivity index (χ4v) is 3.62. The number of nitrogens with one attached hydrogen (secondary N) is 1. The minimum absolute atomic E-state index is 0.0967. The van der Waals surface area contributed by atoms with Gasteiger partial charge in [-0.25, -0.2) is 0 Å². The van der Waals surface area contributed by atoms with Crippen LogP contribution in [0, 0.1) is 12.8 Å². The van der Waals surface area contributed by atoms with Gasteiger partial charge in [0.15, 0.2) is 0 Å². The van der Waals surface area contributed by atoms with Gasteiger partial charge in [-0.1, -0.05) is 53.6 Å². The Balaban J connectivity index is 1.45. The lowest BCUT2D eigenvalue weighted by Gasteiger charge is -2.32. The van der Waals surface area contributed by atoms with Crippen LogP contribution in [-0.4, -0.2) is 30.4 Å². The van der Waals surface area contributed by atoms with E-state index in [9.17, 15) is 4.79 Å². The minimum Gasteiger partial charge on any atom is -0.355 e. The molecule has 26 heavy (non-hydrogen) atoms. The summed E-state index contributed by atoms with van der Waals surface area (Å²) in [5.41, 5.74) is 3.80. The molecule has 4 heteroatoms. The van der Waals surface area contributed by atoms with Crippen LogP contribution in [0.15, 0.2) is 48.5 Å². The van der Waals surface area contributed by atoms with Gasteiger partial charge in [-0.05, 0) is 56.0 Å². The molecular formula is C22H27ClN2O. The molecule has 1 unspecified atom stereocenters. The summed E-state index contributed by atoms with van der Waals surface area (Å²) in [7, 11) is 0. The third kappa shape index (κ3) is 5.58. The summed E-state index contributed by atoms with van der Waals surface area (Å²) in [5.74, 6) is 0.284. The van der Waals surface area contributed by atoms with Crippen molar-refractivity contribution < 1.29 is 4.79 Å². The van der Waals surface area contributed by atoms with Crippen LogP contribution < -0.4 is 5.32 Å². The number of carbonyl (C=O) groups is 1. The maximum atomic E-state index is 12.5. The van der Waals surface area contributed by atoms with Gasteiger partial charge in [0.2, 0.25) is 5.91 Å². The zero-order valence-corrected chi connectivity index (χ0v) is 16.1. The van der Waals surface area contributed by atoms with Gasteiger partial charge in [0.05, 0.1) is 5.92 Å². The summed E-state index contributed by atoms with van der Waals surface area (Å²) in [4.78, 5) is 14.9. The maximum absolute atomic E-state index is 12.5. The fraction of sp³-hybridized carbons (Fsp3) is 0.409. The monoisotopic (exact) mass is 370 g/mol. The second-order valence-corrected chi connectivity index (χ2v) is 7.66. The Labute approximate surface area is 161 Å². The molecule has 1 amide bonds. The largest absolute Gasteiger partial charge is 0.355 e. The van der Waals surface area contributed by atoms with Gasteiger partial charge in [-0.3, -0.25) is 9.69 Å². The molecule has 1 N–H and O–H groups in total. The molecule has 2 aromatic rings. The standard InChI is InChI=1S/C22H27ClN2O/c1-17-4-6-19(7-5-17)15-25-14-2-3-20(16-25)22(26)24-13-12-18-8-10-21(23)11-9-18/h4-11,20H,2-3,12-16H2,1H3,(H,24,26). The molecule has 0 aliphatic carbocycles. The van der Waals surface area contributed by atoms with Gasteiger partial charge in [-0.2, -0.15) is 0 Å². The number of carbonyl (C=O) groups excluding carboxylic acids is 1. The van der Waals surface area contributed by atoms with Crippen LogP contribution >= 0.6 is 11.6 Å². The average molecular weight is 371 g/mol. The van der Waals surface area contributed by atoms with Crippen molar-refractivity contribution in [1.29, 1.82) is 0 Å². The summed E-state index contributed by atoms with van der Waals surface area (Å²) in [6.45, 7) is 5.63. The first-order chi connectivity index (χ1) is 12.6. The van der Waals surface area contributed by atoms with Crippen molar-refractivity contribution in [2.75, 3.05) is 19.6 Å². The Hall–Kier alpha value is -1.84. The van der Waals surface area contributed by atoms with Crippen LogP contribution in [0.2, 0.25) is 5.02 Å². The van der Waals surface area contributed by atoms with Crippen LogP contribution in [0.25, 0.3) is 0 Å². The molecule has 0 aromatic heterocycles. The van der Waals surface area contributed by atoms with E-state index < -0.39 is 0 Å². The quantitative estimate of drug-likeness (QED) is 0.825. The molecule has 0 saturated carbocycles. The van der Waals surface area contributed by atoms with Crippen LogP contribution in [0.5, 0.6) is 0 Å². The second kappa shape index (κ2) is 9.20. The molecule has 1 heterocycles. The van der Waals surface area contributed by atoms with Crippen LogP contribution in [-0.2, 0) is 17.8 Å². The number of piperidine rings is 1. The third-order valence-corrected chi connectivity index (χ3v) is 5.28. The summed E-state index contributed by atoms with van der Waals surface area (Å²) in [6, 6.07) is 16.5. The average Bonchev–Trinajstić information content (AvgIpc) is 2.65. The van der Waals surface area contributed by atoms with Gasteiger partial charge in [0.25, 0.3) is 0 Å². The molecule has 1 saturated heterocycles. The molecule has 138 valence electrons. The van der Waals surface area contributed by atoms with Crippen molar-refractivity contribution in [3.63, 3.8) is 0 Å². The van der Waals surface area contributed by atoms with Crippen molar-refractivity contribution in [3.05, 3.63) is 70.2 Å². The Morgan fingerprint density at radius 2 is 1.81 bits per heavy atom. The molecular weight excluding hydrogens is 344 g/mol. The van der Waals surface area contributed by atoms with E-state index in [-0.39, 0.29) is 11.8 Å². The first kappa shape index (κ1) is 18.9. The number of halogens is 1. The molecule has 1 atom stereocenters. The lowest BCUT2D eigenvalue weighted by Crippen LogP contribution is -2.43. The Morgan fingerprint density at radius 1 is 1.12 bits per heavy atom. The van der Waals surface area contributed by atoms with E-state index in [0.717, 1.165) is 43.9 Å². The van der Waals surface area contributed by atoms with Gasteiger partial charge < -0.3 is 5.32 Å². The van der Waals surface area contributed by atoms with Gasteiger partial charge in [-0.15, -0.1) is 0 Å². The smallest absolute Gasteiger partial charge is 0.224 e. The predicted octanol–water partition coefficient (Wildman–Crippen LogP) is 4.22. The lowest BCUT2D eigenvalue weighted by molar-refractivity contribution is -0.126. The summed E-state index contributed by atoms with van der Waals surface area (Å²) in [6.07, 6.45) is 2.90. The number of benzene rings is 2. The molecule has 1 aliphatic heterocycles. The fourth-order valence-electron chi connectivity index (χ4n) is 3.49. The number of rotatable bonds is 6. The van der Waals surface area contributed by atoms with E-state index >= 15 is 0 Å². The highest BCUT2D eigenvalue weighted by atomic mass is 35.5. The van der Waals surface area contributed by atoms with E-state index in [1.54, 1.807) is 0 Å². The second-order valence-electron chi connectivity index (χ2n) is 7.23. The minimum atomic E-state index is 0.0967. The Bertz CT molecular complexity index is 712. The molecule has 2 aromatic carbocycles. The maximum Gasteiger partial charge on any atom is 0.224 e. The lowest BCUT2D eigenvalue weighted by atomic mass is 9.96. The molecule has 1 fully saturated rings. The van der Waals surface area contributed by atoms with Crippen molar-refractivity contribution in [2.24, 2.45) is 5.92 Å². The van der Waals surface area contributed by atoms with Gasteiger partial charge in [0, 0.05) is 24.7 Å². The molecule has 3 rings (SSSR count). The number of aryl methyl sites for hydroxylation is 1. The number of nitrogens with zero attached hydrogens (tertiary/aromatic N) is 1. The van der Waals surface area contributed by atoms with E-state index in [0.29, 0.717) is 6.54 Å². The van der Waals surface area contributed by atoms with Crippen LogP contribution in [0.3, 0.4) is 0 Å². The zero-order chi connectivity index (χ0) is 18.4. The van der Waals surface area contributed by atoms with Crippen molar-refractivity contribution in [3.8, 4) is 0 Å². The van der Waals surface area contributed by atoms with Crippen LogP contribution in [0.1, 0.15) is 29.5 Å². The topological polar surface area (TPSA) is 32.3 Å². The molecule has 0 spiro atoms. The predicted molar refractivity (Wildman–Crippen MR) is 107 cm³/mol. The third-order valence-electron chi connectivity index (χ3n) is 5.03. The molecule has 0 radical (unpaired) electrons. The number of hydrogen-bond acceptors (Lipinski definition) is 2. The van der Waals surface area contributed by atoms with Crippen molar-refractivity contribution in [2.45, 2.75) is 32.7 Å². The van der Waals surface area contributed by atoms with Crippen molar-refractivity contribution >= 4 is 17.5 Å². The Kier molecular flexibility index (Phi) is 6.70. The van der Waals surface area contributed by atoms with E-state index in [4.69, 9.17) is 11.6 Å². The first-order valence-electron chi connectivity index (χ1n) is 9.40. The highest BCUT2D eigenvalue weighted by Gasteiger charge is 2.25. The summed E-state index contributed by atoms with van der Waals surface area (Å²) >= 11 is 5.90. The summed E-state index contributed by atoms with van der Waals surface area (Å²) < 4.78 is 0. The number of likely N-dealkylation sites (tertiary alicyclic amines) is 1.